The molecule has 1 aliphatic rings. The number of carbonyl (C=O) groups excluding carboxylic acids is 1. The summed E-state index contributed by atoms with van der Waals surface area (Å²) in [6.07, 6.45) is 6.27. The molecule has 0 unspecified atom stereocenters. The van der Waals surface area contributed by atoms with Gasteiger partial charge in [0.15, 0.2) is 0 Å². The molecule has 0 saturated carbocycles. The molecule has 0 spiro atoms. The summed E-state index contributed by atoms with van der Waals surface area (Å²) in [5.41, 5.74) is 4.49. The monoisotopic (exact) mass is 480 g/mol. The van der Waals surface area contributed by atoms with Gasteiger partial charge in [0, 0.05) is 32.1 Å². The number of nitrogens with zero attached hydrogens (tertiary/aromatic N) is 7. The number of hydrogen-bond donors (Lipinski definition) is 1. The normalized spacial score (nSPS) is 16.6. The number of aromatic nitrogens is 6. The highest BCUT2D eigenvalue weighted by Crippen LogP contribution is 2.31. The van der Waals surface area contributed by atoms with Gasteiger partial charge in [0.2, 0.25) is 11.9 Å². The Bertz CT molecular complexity index is 1560. The molecule has 10 nitrogen and oxygen atoms in total. The van der Waals surface area contributed by atoms with Gasteiger partial charge >= 0.3 is 0 Å². The maximum absolute atomic E-state index is 12.3. The molecular weight excluding hydrogens is 456 g/mol. The molecule has 36 heavy (non-hydrogen) atoms. The zero-order valence-corrected chi connectivity index (χ0v) is 19.9. The van der Waals surface area contributed by atoms with Crippen LogP contribution in [0.4, 0.5) is 5.95 Å². The van der Waals surface area contributed by atoms with Crippen molar-refractivity contribution in [1.29, 1.82) is 0 Å². The van der Waals surface area contributed by atoms with Crippen LogP contribution < -0.4 is 5.32 Å². The Kier molecular flexibility index (Phi) is 5.40. The first kappa shape index (κ1) is 21.9. The molecular formula is C26H24N8O2. The molecule has 10 heteroatoms. The predicted molar refractivity (Wildman–Crippen MR) is 133 cm³/mol. The van der Waals surface area contributed by atoms with Crippen molar-refractivity contribution >= 4 is 17.5 Å². The average molecular weight is 481 g/mol. The molecule has 6 rings (SSSR count). The van der Waals surface area contributed by atoms with E-state index in [1.165, 1.54) is 0 Å². The van der Waals surface area contributed by atoms with E-state index in [2.05, 4.69) is 25.4 Å². The summed E-state index contributed by atoms with van der Waals surface area (Å²) in [7, 11) is 1.80. The Morgan fingerprint density at radius 2 is 1.86 bits per heavy atom. The van der Waals surface area contributed by atoms with Gasteiger partial charge in [0.25, 0.3) is 0 Å². The largest absolute Gasteiger partial charge is 0.360 e. The van der Waals surface area contributed by atoms with Gasteiger partial charge in [-0.1, -0.05) is 17.3 Å². The van der Waals surface area contributed by atoms with Gasteiger partial charge in [-0.25, -0.2) is 19.9 Å². The van der Waals surface area contributed by atoms with Gasteiger partial charge in [-0.05, 0) is 43.7 Å². The molecule has 180 valence electrons. The van der Waals surface area contributed by atoms with Crippen LogP contribution in [0.2, 0.25) is 0 Å². The van der Waals surface area contributed by atoms with Crippen LogP contribution in [0, 0.1) is 0 Å². The van der Waals surface area contributed by atoms with E-state index in [1.807, 2.05) is 66.2 Å². The molecule has 1 amide bonds. The van der Waals surface area contributed by atoms with Crippen molar-refractivity contribution in [2.75, 3.05) is 18.9 Å². The van der Waals surface area contributed by atoms with Crippen LogP contribution in [0.1, 0.15) is 36.8 Å². The van der Waals surface area contributed by atoms with E-state index >= 15 is 0 Å². The van der Waals surface area contributed by atoms with Crippen LogP contribution in [0.15, 0.2) is 71.6 Å². The van der Waals surface area contributed by atoms with Crippen molar-refractivity contribution in [1.82, 2.24) is 34.4 Å². The number of likely N-dealkylation sites (N-methyl/N-ethyl adjacent to an activating group) is 1. The van der Waals surface area contributed by atoms with Crippen LogP contribution in [-0.2, 0) is 4.79 Å². The number of carbonyl (C=O) groups is 1. The number of amides is 1. The number of fused-ring (bicyclic) bond motifs is 1. The highest BCUT2D eigenvalue weighted by atomic mass is 16.5. The van der Waals surface area contributed by atoms with Crippen LogP contribution in [0.25, 0.3) is 28.4 Å². The van der Waals surface area contributed by atoms with Crippen molar-refractivity contribution in [2.24, 2.45) is 0 Å². The lowest BCUT2D eigenvalue weighted by molar-refractivity contribution is -0.128. The van der Waals surface area contributed by atoms with E-state index in [9.17, 15) is 4.79 Å². The summed E-state index contributed by atoms with van der Waals surface area (Å²) in [4.78, 5) is 32.3. The smallest absolute Gasteiger partial charge is 0.233 e. The number of pyridine rings is 2. The van der Waals surface area contributed by atoms with Crippen LogP contribution in [0.5, 0.6) is 0 Å². The number of hydrogen-bond acceptors (Lipinski definition) is 8. The summed E-state index contributed by atoms with van der Waals surface area (Å²) in [6.45, 7) is 2.76. The minimum absolute atomic E-state index is 0.0542. The molecule has 6 heterocycles. The molecule has 1 aliphatic heterocycles. The summed E-state index contributed by atoms with van der Waals surface area (Å²) in [5, 5.41) is 7.54. The maximum Gasteiger partial charge on any atom is 0.233 e. The van der Waals surface area contributed by atoms with E-state index in [0.717, 1.165) is 17.8 Å². The molecule has 0 aromatic carbocycles. The standard InChI is InChI=1S/C26H24N8O2/c1-16(22-15-28-24-8-3-4-12-34(22)24)29-26-27-11-9-20(31-26)18-6-5-7-19(30-18)21-14-23(36-32-21)17-10-13-33(2)25(17)35/h3-9,11-12,14-17H,10,13H2,1-2H3,(H,27,29,31)/t16-,17-/m0/s1. The fourth-order valence-electron chi connectivity index (χ4n) is 4.49. The average Bonchev–Trinajstić information content (AvgIpc) is 3.64. The molecule has 1 fully saturated rings. The lowest BCUT2D eigenvalue weighted by atomic mass is 10.0. The second kappa shape index (κ2) is 8.88. The Morgan fingerprint density at radius 3 is 2.69 bits per heavy atom. The highest BCUT2D eigenvalue weighted by Gasteiger charge is 2.33. The first-order valence-electron chi connectivity index (χ1n) is 11.8. The minimum atomic E-state index is -0.287. The summed E-state index contributed by atoms with van der Waals surface area (Å²) in [5.74, 6) is 0.829. The number of rotatable bonds is 6. The predicted octanol–water partition coefficient (Wildman–Crippen LogP) is 3.96. The van der Waals surface area contributed by atoms with Gasteiger partial charge in [0.1, 0.15) is 23.0 Å². The van der Waals surface area contributed by atoms with Crippen molar-refractivity contribution in [3.63, 3.8) is 0 Å². The number of likely N-dealkylation sites (tertiary alicyclic amines) is 1. The zero-order valence-electron chi connectivity index (χ0n) is 19.9. The fraction of sp³-hybridized carbons (Fsp3) is 0.231. The minimum Gasteiger partial charge on any atom is -0.360 e. The number of nitrogens with one attached hydrogen (secondary N) is 1. The van der Waals surface area contributed by atoms with Crippen molar-refractivity contribution in [2.45, 2.75) is 25.3 Å². The number of imidazole rings is 1. The van der Waals surface area contributed by atoms with Crippen molar-refractivity contribution in [3.8, 4) is 22.8 Å². The Balaban J connectivity index is 1.23. The second-order valence-corrected chi connectivity index (χ2v) is 8.87. The van der Waals surface area contributed by atoms with E-state index < -0.39 is 0 Å². The molecule has 1 saturated heterocycles. The number of anilines is 1. The third-order valence-corrected chi connectivity index (χ3v) is 6.46. The molecule has 0 radical (unpaired) electrons. The third kappa shape index (κ3) is 3.96. The topological polar surface area (TPSA) is 114 Å². The molecule has 5 aromatic heterocycles. The summed E-state index contributed by atoms with van der Waals surface area (Å²) in [6, 6.07) is 15.1. The van der Waals surface area contributed by atoms with Gasteiger partial charge in [-0.2, -0.15) is 0 Å². The maximum atomic E-state index is 12.3. The first-order valence-corrected chi connectivity index (χ1v) is 11.8. The molecule has 5 aromatic rings. The Labute approximate surface area is 207 Å². The molecule has 2 atom stereocenters. The summed E-state index contributed by atoms with van der Waals surface area (Å²) < 4.78 is 7.55. The Hall–Kier alpha value is -4.60. The van der Waals surface area contributed by atoms with Crippen molar-refractivity contribution < 1.29 is 9.32 Å². The Morgan fingerprint density at radius 1 is 1.03 bits per heavy atom. The van der Waals surface area contributed by atoms with Crippen LogP contribution in [-0.4, -0.2) is 53.9 Å². The van der Waals surface area contributed by atoms with E-state index in [4.69, 9.17) is 9.51 Å². The molecule has 0 aliphatic carbocycles. The molecule has 1 N–H and O–H groups in total. The SMILES string of the molecule is C[C@H](Nc1nccc(-c2cccc(-c3cc([C@@H]4CCN(C)C4=O)on3)n2)n1)c1cnc2ccccn12. The van der Waals surface area contributed by atoms with Crippen molar-refractivity contribution in [3.05, 3.63) is 78.6 Å². The highest BCUT2D eigenvalue weighted by molar-refractivity contribution is 5.85. The van der Waals surface area contributed by atoms with E-state index in [0.29, 0.717) is 41.0 Å². The molecule has 0 bridgehead atoms. The summed E-state index contributed by atoms with van der Waals surface area (Å²) >= 11 is 0. The zero-order chi connectivity index (χ0) is 24.6. The van der Waals surface area contributed by atoms with Crippen LogP contribution in [0.3, 0.4) is 0 Å². The third-order valence-electron chi connectivity index (χ3n) is 6.46. The van der Waals surface area contributed by atoms with Crippen LogP contribution >= 0.6 is 0 Å². The van der Waals surface area contributed by atoms with Gasteiger partial charge in [0.05, 0.1) is 35.0 Å². The van der Waals surface area contributed by atoms with E-state index in [-0.39, 0.29) is 17.9 Å². The van der Waals surface area contributed by atoms with E-state index in [1.54, 1.807) is 24.2 Å². The lowest BCUT2D eigenvalue weighted by Gasteiger charge is -2.14. The van der Waals surface area contributed by atoms with Gasteiger partial charge in [-0.3, -0.25) is 4.79 Å². The fourth-order valence-corrected chi connectivity index (χ4v) is 4.49. The van der Waals surface area contributed by atoms with Gasteiger partial charge in [-0.15, -0.1) is 0 Å². The lowest BCUT2D eigenvalue weighted by Crippen LogP contribution is -2.21. The van der Waals surface area contributed by atoms with Gasteiger partial charge < -0.3 is 19.1 Å². The quantitative estimate of drug-likeness (QED) is 0.388. The first-order chi connectivity index (χ1) is 17.6. The second-order valence-electron chi connectivity index (χ2n) is 8.87.